The summed E-state index contributed by atoms with van der Waals surface area (Å²) in [5, 5.41) is 4.78. The average molecular weight is 537 g/mol. The van der Waals surface area contributed by atoms with Crippen molar-refractivity contribution in [3.8, 4) is 0 Å². The molecule has 7 rings (SSSR count). The number of hydrogen-bond acceptors (Lipinski definition) is 2. The molecule has 198 valence electrons. The quantitative estimate of drug-likeness (QED) is 0.156. The zero-order valence-corrected chi connectivity index (χ0v) is 23.1. The highest BCUT2D eigenvalue weighted by atomic mass is 14.7. The van der Waals surface area contributed by atoms with Crippen LogP contribution in [0.3, 0.4) is 0 Å². The molecule has 0 saturated carbocycles. The van der Waals surface area contributed by atoms with Crippen molar-refractivity contribution < 1.29 is 0 Å². The predicted octanol–water partition coefficient (Wildman–Crippen LogP) is 9.96. The van der Waals surface area contributed by atoms with Gasteiger partial charge in [-0.25, -0.2) is 0 Å². The summed E-state index contributed by atoms with van der Waals surface area (Å²) in [6.45, 7) is 0. The van der Waals surface area contributed by atoms with Crippen LogP contribution in [0.15, 0.2) is 158 Å². The Morgan fingerprint density at radius 2 is 0.690 bits per heavy atom. The van der Waals surface area contributed by atoms with Crippen LogP contribution in [0.1, 0.15) is 33.6 Å². The molecule has 0 amide bonds. The molecule has 0 bridgehead atoms. The van der Waals surface area contributed by atoms with Gasteiger partial charge in [-0.15, -0.1) is 0 Å². The molecule has 5 aromatic carbocycles. The molecule has 0 aliphatic heterocycles. The van der Waals surface area contributed by atoms with Crippen molar-refractivity contribution >= 4 is 44.8 Å². The maximum Gasteiger partial charge on any atom is 0.0708 e. The van der Waals surface area contributed by atoms with Crippen molar-refractivity contribution in [2.75, 3.05) is 0 Å². The van der Waals surface area contributed by atoms with Gasteiger partial charge in [0.15, 0.2) is 0 Å². The summed E-state index contributed by atoms with van der Waals surface area (Å²) in [5.74, 6) is 0. The van der Waals surface area contributed by atoms with Gasteiger partial charge in [0.05, 0.1) is 11.4 Å². The number of benzene rings is 5. The van der Waals surface area contributed by atoms with Gasteiger partial charge in [-0.2, -0.15) is 0 Å². The zero-order chi connectivity index (χ0) is 28.1. The molecular weight excluding hydrogens is 508 g/mol. The highest BCUT2D eigenvalue weighted by Crippen LogP contribution is 2.39. The van der Waals surface area contributed by atoms with E-state index < -0.39 is 0 Å². The lowest BCUT2D eigenvalue weighted by molar-refractivity contribution is 1.28. The van der Waals surface area contributed by atoms with Crippen LogP contribution >= 0.6 is 0 Å². The second kappa shape index (κ2) is 11.5. The summed E-state index contributed by atoms with van der Waals surface area (Å²) < 4.78 is 0. The van der Waals surface area contributed by atoms with Crippen LogP contribution in [0.25, 0.3) is 44.8 Å². The Hall–Kier alpha value is -5.60. The first-order chi connectivity index (χ1) is 20.9. The van der Waals surface area contributed by atoms with Crippen molar-refractivity contribution in [1.82, 2.24) is 9.97 Å². The molecule has 0 spiro atoms. The van der Waals surface area contributed by atoms with Gasteiger partial charge in [0, 0.05) is 23.5 Å². The Balaban J connectivity index is 1.56. The molecule has 0 fully saturated rings. The van der Waals surface area contributed by atoms with E-state index in [1.54, 1.807) is 0 Å². The van der Waals surface area contributed by atoms with Gasteiger partial charge >= 0.3 is 0 Å². The van der Waals surface area contributed by atoms with Crippen molar-refractivity contribution in [2.45, 2.75) is 0 Å². The van der Waals surface area contributed by atoms with E-state index in [1.165, 1.54) is 32.7 Å². The summed E-state index contributed by atoms with van der Waals surface area (Å²) in [5.41, 5.74) is 8.71. The lowest BCUT2D eigenvalue weighted by atomic mass is 9.88. The first kappa shape index (κ1) is 25.4. The minimum absolute atomic E-state index is 0.947. The number of hydrogen-bond donors (Lipinski definition) is 0. The van der Waals surface area contributed by atoms with Crippen LogP contribution in [0.2, 0.25) is 0 Å². The largest absolute Gasteiger partial charge is 0.256 e. The van der Waals surface area contributed by atoms with E-state index in [4.69, 9.17) is 9.97 Å². The van der Waals surface area contributed by atoms with E-state index in [9.17, 15) is 0 Å². The first-order valence-corrected chi connectivity index (χ1v) is 14.2. The van der Waals surface area contributed by atoms with Crippen LogP contribution in [-0.2, 0) is 0 Å². The molecule has 0 saturated heterocycles. The molecular formula is C40H28N2. The van der Waals surface area contributed by atoms with Gasteiger partial charge < -0.3 is 0 Å². The van der Waals surface area contributed by atoms with E-state index in [1.807, 2.05) is 36.7 Å². The highest BCUT2D eigenvalue weighted by molar-refractivity contribution is 6.16. The Kier molecular flexibility index (Phi) is 6.94. The van der Waals surface area contributed by atoms with Crippen molar-refractivity contribution in [1.29, 1.82) is 0 Å². The normalized spacial score (nSPS) is 12.1. The molecule has 0 unspecified atom stereocenters. The first-order valence-electron chi connectivity index (χ1n) is 14.2. The number of fused-ring (bicyclic) bond motifs is 2. The molecule has 2 nitrogen and oxygen atoms in total. The summed E-state index contributed by atoms with van der Waals surface area (Å²) in [6.07, 6.45) is 8.34. The fraction of sp³-hybridized carbons (Fsp3) is 0. The monoisotopic (exact) mass is 536 g/mol. The molecule has 0 aliphatic carbocycles. The van der Waals surface area contributed by atoms with Gasteiger partial charge in [-0.05, 0) is 80.2 Å². The third-order valence-corrected chi connectivity index (χ3v) is 7.64. The number of rotatable bonds is 6. The Labute approximate surface area is 246 Å². The van der Waals surface area contributed by atoms with Gasteiger partial charge in [-0.1, -0.05) is 121 Å². The topological polar surface area (TPSA) is 25.8 Å². The lowest BCUT2D eigenvalue weighted by Crippen LogP contribution is -1.95. The summed E-state index contributed by atoms with van der Waals surface area (Å²) in [6, 6.07) is 50.7. The van der Waals surface area contributed by atoms with Crippen LogP contribution in [0.5, 0.6) is 0 Å². The minimum atomic E-state index is 0.947. The molecule has 0 N–H and O–H groups in total. The van der Waals surface area contributed by atoms with Gasteiger partial charge in [-0.3, -0.25) is 9.97 Å². The highest BCUT2D eigenvalue weighted by Gasteiger charge is 2.16. The van der Waals surface area contributed by atoms with Crippen LogP contribution in [0.4, 0.5) is 0 Å². The third-order valence-electron chi connectivity index (χ3n) is 7.64. The number of pyridine rings is 2. The summed E-state index contributed by atoms with van der Waals surface area (Å²) >= 11 is 0. The molecule has 0 atom stereocenters. The SMILES string of the molecule is C(=C(/c1ccccc1)c1ccccn1)/c1c2ccccc2c(/C=C(\c2ccccc2)c2ccccn2)c2ccccc12. The fourth-order valence-corrected chi connectivity index (χ4v) is 5.69. The average Bonchev–Trinajstić information content (AvgIpc) is 3.08. The summed E-state index contributed by atoms with van der Waals surface area (Å²) in [7, 11) is 0. The smallest absolute Gasteiger partial charge is 0.0708 e. The molecule has 7 aromatic rings. The van der Waals surface area contributed by atoms with Gasteiger partial charge in [0.2, 0.25) is 0 Å². The molecule has 42 heavy (non-hydrogen) atoms. The third kappa shape index (κ3) is 4.91. The van der Waals surface area contributed by atoms with Crippen molar-refractivity contribution in [3.05, 3.63) is 192 Å². The van der Waals surface area contributed by atoms with Crippen LogP contribution in [0, 0.1) is 0 Å². The van der Waals surface area contributed by atoms with Crippen molar-refractivity contribution in [2.24, 2.45) is 0 Å². The molecule has 2 aromatic heterocycles. The number of nitrogens with zero attached hydrogens (tertiary/aromatic N) is 2. The maximum atomic E-state index is 4.75. The molecule has 0 radical (unpaired) electrons. The Bertz CT molecular complexity index is 1750. The Morgan fingerprint density at radius 1 is 0.357 bits per heavy atom. The fourth-order valence-electron chi connectivity index (χ4n) is 5.69. The minimum Gasteiger partial charge on any atom is -0.256 e. The summed E-state index contributed by atoms with van der Waals surface area (Å²) in [4.78, 5) is 9.50. The number of aromatic nitrogens is 2. The van der Waals surface area contributed by atoms with Gasteiger partial charge in [0.25, 0.3) is 0 Å². The molecule has 2 heterocycles. The lowest BCUT2D eigenvalue weighted by Gasteiger charge is -2.16. The zero-order valence-electron chi connectivity index (χ0n) is 23.1. The predicted molar refractivity (Wildman–Crippen MR) is 177 cm³/mol. The Morgan fingerprint density at radius 3 is 1.02 bits per heavy atom. The second-order valence-electron chi connectivity index (χ2n) is 10.2. The second-order valence-corrected chi connectivity index (χ2v) is 10.2. The van der Waals surface area contributed by atoms with Gasteiger partial charge in [0.1, 0.15) is 0 Å². The standard InChI is InChI=1S/C40H28N2/c1-3-15-29(16-4-1)35(39-23-11-13-25-41-39)27-37-31-19-7-9-21-33(31)38(34-22-10-8-20-32(34)37)28-36(30-17-5-2-6-18-30)40-24-12-14-26-42-40/h1-28H/b35-27+,36-28+. The van der Waals surface area contributed by atoms with E-state index in [-0.39, 0.29) is 0 Å². The molecule has 2 heteroatoms. The van der Waals surface area contributed by atoms with E-state index >= 15 is 0 Å². The van der Waals surface area contributed by atoms with E-state index in [2.05, 4.69) is 133 Å². The van der Waals surface area contributed by atoms with Crippen molar-refractivity contribution in [3.63, 3.8) is 0 Å². The van der Waals surface area contributed by atoms with E-state index in [0.717, 1.165) is 33.7 Å². The van der Waals surface area contributed by atoms with Crippen LogP contribution in [-0.4, -0.2) is 9.97 Å². The maximum absolute atomic E-state index is 4.75. The van der Waals surface area contributed by atoms with E-state index in [0.29, 0.717) is 0 Å². The van der Waals surface area contributed by atoms with Crippen LogP contribution < -0.4 is 0 Å². The molecule has 0 aliphatic rings.